The normalized spacial score (nSPS) is 9.85. The molecule has 13 heavy (non-hydrogen) atoms. The topological polar surface area (TPSA) is 24.7 Å². The van der Waals surface area contributed by atoms with E-state index in [4.69, 9.17) is 0 Å². The van der Waals surface area contributed by atoms with Crippen molar-refractivity contribution in [1.29, 1.82) is 0 Å². The van der Waals surface area contributed by atoms with E-state index in [1.54, 1.807) is 0 Å². The second kappa shape index (κ2) is 10.2. The summed E-state index contributed by atoms with van der Waals surface area (Å²) < 4.78 is 0.227. The van der Waals surface area contributed by atoms with Gasteiger partial charge in [0.2, 0.25) is 0 Å². The summed E-state index contributed by atoms with van der Waals surface area (Å²) in [7, 11) is 0. The lowest BCUT2D eigenvalue weighted by atomic mass is 10.2. The third-order valence-electron chi connectivity index (χ3n) is 1.53. The van der Waals surface area contributed by atoms with E-state index in [1.807, 2.05) is 6.92 Å². The molecule has 0 saturated carbocycles. The standard InChI is InChI=1S/C9H18N2S2/c1-2-10-8-11-7-5-3-4-6-9(12)13/h9,12-13H,2-7H2,1H3. The average molecular weight is 218 g/mol. The van der Waals surface area contributed by atoms with Gasteiger partial charge in [0, 0.05) is 17.7 Å². The van der Waals surface area contributed by atoms with Crippen molar-refractivity contribution in [3.63, 3.8) is 0 Å². The molecule has 0 aromatic rings. The van der Waals surface area contributed by atoms with Crippen molar-refractivity contribution in [2.24, 2.45) is 9.98 Å². The fourth-order valence-corrected chi connectivity index (χ4v) is 1.23. The van der Waals surface area contributed by atoms with Crippen LogP contribution in [-0.4, -0.2) is 23.7 Å². The first-order chi connectivity index (χ1) is 6.27. The minimum Gasteiger partial charge on any atom is -0.226 e. The Balaban J connectivity index is 3.12. The fraction of sp³-hybridized carbons (Fsp3) is 0.889. The number of hydrogen-bond acceptors (Lipinski definition) is 4. The fourth-order valence-electron chi connectivity index (χ4n) is 0.865. The van der Waals surface area contributed by atoms with E-state index >= 15 is 0 Å². The summed E-state index contributed by atoms with van der Waals surface area (Å²) in [5, 5.41) is 0. The van der Waals surface area contributed by atoms with Crippen LogP contribution in [0.1, 0.15) is 32.6 Å². The first kappa shape index (κ1) is 13.1. The van der Waals surface area contributed by atoms with E-state index in [-0.39, 0.29) is 4.58 Å². The zero-order valence-electron chi connectivity index (χ0n) is 8.11. The quantitative estimate of drug-likeness (QED) is 0.284. The Morgan fingerprint density at radius 3 is 2.54 bits per heavy atom. The number of hydrogen-bond donors (Lipinski definition) is 2. The van der Waals surface area contributed by atoms with Crippen LogP contribution < -0.4 is 0 Å². The molecule has 0 atom stereocenters. The summed E-state index contributed by atoms with van der Waals surface area (Å²) in [6.45, 7) is 3.58. The molecule has 0 aliphatic carbocycles. The van der Waals surface area contributed by atoms with Crippen molar-refractivity contribution < 1.29 is 0 Å². The Bertz CT molecular complexity index is 163. The predicted octanol–water partition coefficient (Wildman–Crippen LogP) is 2.93. The molecule has 4 heteroatoms. The average Bonchev–Trinajstić information content (AvgIpc) is 2.09. The smallest absolute Gasteiger partial charge is 0.0892 e. The second-order valence-electron chi connectivity index (χ2n) is 2.79. The molecule has 2 nitrogen and oxygen atoms in total. The minimum atomic E-state index is 0.227. The van der Waals surface area contributed by atoms with Crippen molar-refractivity contribution in [2.45, 2.75) is 37.2 Å². The number of unbranched alkanes of at least 4 members (excludes halogenated alkanes) is 2. The lowest BCUT2D eigenvalue weighted by molar-refractivity contribution is 0.673. The van der Waals surface area contributed by atoms with Gasteiger partial charge in [-0.2, -0.15) is 25.3 Å². The van der Waals surface area contributed by atoms with Crippen LogP contribution in [0.4, 0.5) is 0 Å². The molecule has 0 fully saturated rings. The first-order valence-electron chi connectivity index (χ1n) is 4.71. The Morgan fingerprint density at radius 2 is 1.92 bits per heavy atom. The molecule has 0 aromatic heterocycles. The van der Waals surface area contributed by atoms with Gasteiger partial charge in [-0.3, -0.25) is 0 Å². The van der Waals surface area contributed by atoms with Crippen LogP contribution in [0.25, 0.3) is 0 Å². The Morgan fingerprint density at radius 1 is 1.15 bits per heavy atom. The molecule has 0 N–H and O–H groups in total. The summed E-state index contributed by atoms with van der Waals surface area (Å²) in [6, 6.07) is 2.65. The third kappa shape index (κ3) is 12.1. The van der Waals surface area contributed by atoms with E-state index in [1.165, 1.54) is 12.8 Å². The van der Waals surface area contributed by atoms with Gasteiger partial charge in [-0.25, -0.2) is 9.98 Å². The van der Waals surface area contributed by atoms with Gasteiger partial charge < -0.3 is 0 Å². The Hall–Kier alpha value is 0.0800. The van der Waals surface area contributed by atoms with Crippen molar-refractivity contribution in [2.75, 3.05) is 13.1 Å². The van der Waals surface area contributed by atoms with Crippen LogP contribution in [0, 0.1) is 0 Å². The van der Waals surface area contributed by atoms with E-state index in [0.717, 1.165) is 25.9 Å². The lowest BCUT2D eigenvalue weighted by Gasteiger charge is -2.00. The molecule has 0 saturated heterocycles. The van der Waals surface area contributed by atoms with Gasteiger partial charge in [0.05, 0.1) is 6.01 Å². The molecular weight excluding hydrogens is 200 g/mol. The van der Waals surface area contributed by atoms with E-state index in [2.05, 4.69) is 41.3 Å². The van der Waals surface area contributed by atoms with Crippen LogP contribution in [0.5, 0.6) is 0 Å². The maximum absolute atomic E-state index is 4.18. The predicted molar refractivity (Wildman–Crippen MR) is 65.5 cm³/mol. The highest BCUT2D eigenvalue weighted by molar-refractivity contribution is 7.99. The number of aliphatic imine (C=N–C) groups is 2. The molecule has 0 aliphatic heterocycles. The monoisotopic (exact) mass is 218 g/mol. The molecular formula is C9H18N2S2. The molecule has 0 radical (unpaired) electrons. The molecule has 0 heterocycles. The van der Waals surface area contributed by atoms with Crippen LogP contribution in [0.15, 0.2) is 9.98 Å². The van der Waals surface area contributed by atoms with Crippen LogP contribution >= 0.6 is 25.3 Å². The van der Waals surface area contributed by atoms with Crippen LogP contribution in [-0.2, 0) is 0 Å². The second-order valence-corrected chi connectivity index (χ2v) is 4.44. The zero-order chi connectivity index (χ0) is 9.94. The molecule has 0 spiro atoms. The highest BCUT2D eigenvalue weighted by atomic mass is 32.2. The number of rotatable bonds is 7. The molecule has 76 valence electrons. The van der Waals surface area contributed by atoms with Crippen molar-refractivity contribution in [3.8, 4) is 0 Å². The number of thiol groups is 2. The SMILES string of the molecule is CCN=C=NCCCCCC(S)S. The van der Waals surface area contributed by atoms with Gasteiger partial charge >= 0.3 is 0 Å². The Labute approximate surface area is 91.8 Å². The maximum Gasteiger partial charge on any atom is 0.0892 e. The van der Waals surface area contributed by atoms with Crippen LogP contribution in [0.3, 0.4) is 0 Å². The van der Waals surface area contributed by atoms with E-state index in [9.17, 15) is 0 Å². The summed E-state index contributed by atoms with van der Waals surface area (Å²) in [4.78, 5) is 7.90. The summed E-state index contributed by atoms with van der Waals surface area (Å²) >= 11 is 8.37. The molecule has 0 aliphatic rings. The van der Waals surface area contributed by atoms with Gasteiger partial charge in [-0.05, 0) is 19.8 Å². The summed E-state index contributed by atoms with van der Waals surface area (Å²) in [5.74, 6) is 0. The highest BCUT2D eigenvalue weighted by Crippen LogP contribution is 2.11. The highest BCUT2D eigenvalue weighted by Gasteiger charge is 1.94. The number of nitrogens with zero attached hydrogens (tertiary/aromatic N) is 2. The summed E-state index contributed by atoms with van der Waals surface area (Å²) in [6.07, 6.45) is 4.55. The van der Waals surface area contributed by atoms with Crippen LogP contribution in [0.2, 0.25) is 0 Å². The molecule has 0 rings (SSSR count). The van der Waals surface area contributed by atoms with E-state index in [0.29, 0.717) is 0 Å². The third-order valence-corrected chi connectivity index (χ3v) is 2.05. The largest absolute Gasteiger partial charge is 0.226 e. The zero-order valence-corrected chi connectivity index (χ0v) is 9.90. The van der Waals surface area contributed by atoms with Gasteiger partial charge in [-0.1, -0.05) is 12.8 Å². The van der Waals surface area contributed by atoms with Crippen molar-refractivity contribution in [3.05, 3.63) is 0 Å². The minimum absolute atomic E-state index is 0.227. The maximum atomic E-state index is 4.18. The molecule has 0 amide bonds. The van der Waals surface area contributed by atoms with Gasteiger partial charge in [0.25, 0.3) is 0 Å². The lowest BCUT2D eigenvalue weighted by Crippen LogP contribution is -1.88. The Kier molecular flexibility index (Phi) is 10.2. The van der Waals surface area contributed by atoms with Gasteiger partial charge in [-0.15, -0.1) is 0 Å². The van der Waals surface area contributed by atoms with E-state index < -0.39 is 0 Å². The van der Waals surface area contributed by atoms with Gasteiger partial charge in [0.1, 0.15) is 0 Å². The summed E-state index contributed by atoms with van der Waals surface area (Å²) in [5.41, 5.74) is 0. The van der Waals surface area contributed by atoms with Crippen molar-refractivity contribution >= 4 is 31.3 Å². The molecule has 0 aromatic carbocycles. The van der Waals surface area contributed by atoms with Gasteiger partial charge in [0.15, 0.2) is 0 Å². The first-order valence-corrected chi connectivity index (χ1v) is 5.74. The van der Waals surface area contributed by atoms with Crippen molar-refractivity contribution in [1.82, 2.24) is 0 Å². The molecule has 0 unspecified atom stereocenters. The molecule has 0 bridgehead atoms.